The van der Waals surface area contributed by atoms with Gasteiger partial charge in [0.2, 0.25) is 21.8 Å². The number of halogens is 1. The van der Waals surface area contributed by atoms with Crippen LogP contribution in [0.25, 0.3) is 0 Å². The van der Waals surface area contributed by atoms with Crippen LogP contribution in [0.4, 0.5) is 10.1 Å². The van der Waals surface area contributed by atoms with Crippen molar-refractivity contribution in [2.45, 2.75) is 83.8 Å². The van der Waals surface area contributed by atoms with Gasteiger partial charge in [-0.25, -0.2) is 12.8 Å². The maximum absolute atomic E-state index is 13.6. The van der Waals surface area contributed by atoms with Crippen molar-refractivity contribution in [1.29, 1.82) is 0 Å². The van der Waals surface area contributed by atoms with E-state index in [9.17, 15) is 22.4 Å². The van der Waals surface area contributed by atoms with Crippen LogP contribution in [0.1, 0.15) is 69.4 Å². The molecule has 0 saturated heterocycles. The Labute approximate surface area is 226 Å². The van der Waals surface area contributed by atoms with Gasteiger partial charge in [0.25, 0.3) is 0 Å². The van der Waals surface area contributed by atoms with Crippen molar-refractivity contribution < 1.29 is 22.4 Å². The molecule has 2 aromatic rings. The van der Waals surface area contributed by atoms with Crippen LogP contribution in [-0.4, -0.2) is 50.0 Å². The number of sulfonamides is 1. The van der Waals surface area contributed by atoms with E-state index in [0.717, 1.165) is 43.1 Å². The second-order valence-corrected chi connectivity index (χ2v) is 12.0. The lowest BCUT2D eigenvalue weighted by Crippen LogP contribution is -2.51. The average molecular weight is 546 g/mol. The van der Waals surface area contributed by atoms with E-state index in [-0.39, 0.29) is 37.2 Å². The van der Waals surface area contributed by atoms with Crippen molar-refractivity contribution in [3.63, 3.8) is 0 Å². The largest absolute Gasteiger partial charge is 0.352 e. The Bertz CT molecular complexity index is 1180. The molecule has 0 unspecified atom stereocenters. The highest BCUT2D eigenvalue weighted by atomic mass is 32.2. The molecule has 9 heteroatoms. The third kappa shape index (κ3) is 8.28. The molecular formula is C29H40FN3O4S. The zero-order valence-corrected chi connectivity index (χ0v) is 23.5. The highest BCUT2D eigenvalue weighted by Gasteiger charge is 2.30. The Morgan fingerprint density at radius 1 is 1.05 bits per heavy atom. The lowest BCUT2D eigenvalue weighted by atomic mass is 9.95. The van der Waals surface area contributed by atoms with Gasteiger partial charge in [-0.1, -0.05) is 50.5 Å². The molecule has 1 saturated carbocycles. The number of nitrogens with zero attached hydrogens (tertiary/aromatic N) is 2. The summed E-state index contributed by atoms with van der Waals surface area (Å²) in [5.74, 6) is -0.793. The summed E-state index contributed by atoms with van der Waals surface area (Å²) >= 11 is 0. The molecule has 1 aliphatic carbocycles. The highest BCUT2D eigenvalue weighted by molar-refractivity contribution is 7.92. The number of aryl methyl sites for hydroxylation is 1. The molecule has 3 rings (SSSR count). The van der Waals surface area contributed by atoms with Crippen LogP contribution >= 0.6 is 0 Å². The molecule has 1 aliphatic rings. The molecule has 208 valence electrons. The number of benzene rings is 2. The minimum atomic E-state index is -3.63. The smallest absolute Gasteiger partial charge is 0.243 e. The van der Waals surface area contributed by atoms with E-state index in [1.54, 1.807) is 4.90 Å². The number of rotatable bonds is 12. The summed E-state index contributed by atoms with van der Waals surface area (Å²) in [6, 6.07) is 12.5. The van der Waals surface area contributed by atoms with Gasteiger partial charge in [-0.2, -0.15) is 0 Å². The lowest BCUT2D eigenvalue weighted by Gasteiger charge is -2.33. The van der Waals surface area contributed by atoms with Crippen LogP contribution in [-0.2, 0) is 26.2 Å². The molecule has 1 fully saturated rings. The monoisotopic (exact) mass is 545 g/mol. The number of hydrogen-bond acceptors (Lipinski definition) is 4. The molecular weight excluding hydrogens is 505 g/mol. The fourth-order valence-corrected chi connectivity index (χ4v) is 6.01. The second-order valence-electron chi connectivity index (χ2n) is 10.1. The number of hydrogen-bond donors (Lipinski definition) is 1. The van der Waals surface area contributed by atoms with E-state index >= 15 is 0 Å². The Hall–Kier alpha value is -2.94. The molecule has 1 atom stereocenters. The molecule has 0 radical (unpaired) electrons. The van der Waals surface area contributed by atoms with Gasteiger partial charge in [0, 0.05) is 25.6 Å². The first-order valence-electron chi connectivity index (χ1n) is 13.5. The van der Waals surface area contributed by atoms with E-state index in [2.05, 4.69) is 5.32 Å². The van der Waals surface area contributed by atoms with Gasteiger partial charge in [-0.3, -0.25) is 13.9 Å². The first kappa shape index (κ1) is 29.6. The summed E-state index contributed by atoms with van der Waals surface area (Å²) in [5, 5.41) is 3.17. The normalized spacial score (nSPS) is 15.1. The van der Waals surface area contributed by atoms with Crippen molar-refractivity contribution in [3.05, 3.63) is 65.5 Å². The molecule has 0 aromatic heterocycles. The van der Waals surface area contributed by atoms with Gasteiger partial charge in [0.1, 0.15) is 11.9 Å². The third-order valence-electron chi connectivity index (χ3n) is 7.21. The molecule has 1 N–H and O–H groups in total. The Morgan fingerprint density at radius 2 is 1.71 bits per heavy atom. The van der Waals surface area contributed by atoms with Crippen LogP contribution in [0, 0.1) is 12.7 Å². The van der Waals surface area contributed by atoms with Crippen molar-refractivity contribution in [2.75, 3.05) is 17.1 Å². The predicted octanol–water partition coefficient (Wildman–Crippen LogP) is 4.94. The highest BCUT2D eigenvalue weighted by Crippen LogP contribution is 2.22. The molecule has 0 heterocycles. The average Bonchev–Trinajstić information content (AvgIpc) is 2.88. The van der Waals surface area contributed by atoms with Crippen molar-refractivity contribution >= 4 is 27.5 Å². The maximum Gasteiger partial charge on any atom is 0.243 e. The quantitative estimate of drug-likeness (QED) is 0.410. The molecule has 38 heavy (non-hydrogen) atoms. The SMILES string of the molecule is CC[C@@H](C(=O)NC1CCCCC1)N(Cc1ccccc1C)C(=O)CCCN(c1ccc(F)cc1)S(C)(=O)=O. The summed E-state index contributed by atoms with van der Waals surface area (Å²) in [7, 11) is -3.63. The van der Waals surface area contributed by atoms with Crippen LogP contribution < -0.4 is 9.62 Å². The Kier molecular flexibility index (Phi) is 10.7. The molecule has 0 aliphatic heterocycles. The van der Waals surface area contributed by atoms with Gasteiger partial charge in [0.05, 0.1) is 11.9 Å². The van der Waals surface area contributed by atoms with Crippen LogP contribution in [0.3, 0.4) is 0 Å². The number of anilines is 1. The van der Waals surface area contributed by atoms with Crippen molar-refractivity contribution in [1.82, 2.24) is 10.2 Å². The van der Waals surface area contributed by atoms with Gasteiger partial charge in [-0.05, 0) is 68.0 Å². The molecule has 0 bridgehead atoms. The first-order chi connectivity index (χ1) is 18.1. The Balaban J connectivity index is 1.76. The molecule has 7 nitrogen and oxygen atoms in total. The molecule has 2 aromatic carbocycles. The third-order valence-corrected chi connectivity index (χ3v) is 8.40. The van der Waals surface area contributed by atoms with E-state index in [0.29, 0.717) is 18.7 Å². The summed E-state index contributed by atoms with van der Waals surface area (Å²) in [5.41, 5.74) is 2.35. The Morgan fingerprint density at radius 3 is 2.32 bits per heavy atom. The fraction of sp³-hybridized carbons (Fsp3) is 0.517. The zero-order chi connectivity index (χ0) is 27.7. The van der Waals surface area contributed by atoms with Crippen LogP contribution in [0.15, 0.2) is 48.5 Å². The van der Waals surface area contributed by atoms with Gasteiger partial charge < -0.3 is 10.2 Å². The number of nitrogens with one attached hydrogen (secondary N) is 1. The van der Waals surface area contributed by atoms with E-state index in [4.69, 9.17) is 0 Å². The summed E-state index contributed by atoms with van der Waals surface area (Å²) in [6.45, 7) is 4.26. The number of carbonyl (C=O) groups excluding carboxylic acids is 2. The zero-order valence-electron chi connectivity index (χ0n) is 22.7. The summed E-state index contributed by atoms with van der Waals surface area (Å²) in [4.78, 5) is 28.6. The van der Waals surface area contributed by atoms with E-state index in [1.165, 1.54) is 35.0 Å². The van der Waals surface area contributed by atoms with Crippen molar-refractivity contribution in [2.24, 2.45) is 0 Å². The second kappa shape index (κ2) is 13.7. The lowest BCUT2D eigenvalue weighted by molar-refractivity contribution is -0.141. The van der Waals surface area contributed by atoms with Gasteiger partial charge >= 0.3 is 0 Å². The van der Waals surface area contributed by atoms with Gasteiger partial charge in [0.15, 0.2) is 0 Å². The van der Waals surface area contributed by atoms with E-state index < -0.39 is 21.9 Å². The van der Waals surface area contributed by atoms with Gasteiger partial charge in [-0.15, -0.1) is 0 Å². The molecule has 2 amide bonds. The van der Waals surface area contributed by atoms with E-state index in [1.807, 2.05) is 38.1 Å². The van der Waals surface area contributed by atoms with Crippen molar-refractivity contribution in [3.8, 4) is 0 Å². The number of amides is 2. The maximum atomic E-state index is 13.6. The molecule has 0 spiro atoms. The first-order valence-corrected chi connectivity index (χ1v) is 15.3. The van der Waals surface area contributed by atoms with Crippen LogP contribution in [0.5, 0.6) is 0 Å². The standard InChI is InChI=1S/C29H40FN3O4S/c1-4-27(29(35)31-25-13-6-5-7-14-25)32(21-23-12-9-8-11-22(23)2)28(34)15-10-20-33(38(3,36)37)26-18-16-24(30)17-19-26/h8-9,11-12,16-19,25,27H,4-7,10,13-15,20-21H2,1-3H3,(H,31,35)/t27-/m0/s1. The predicted molar refractivity (Wildman–Crippen MR) is 149 cm³/mol. The minimum Gasteiger partial charge on any atom is -0.352 e. The minimum absolute atomic E-state index is 0.0689. The topological polar surface area (TPSA) is 86.8 Å². The summed E-state index contributed by atoms with van der Waals surface area (Å²) in [6.07, 6.45) is 7.19. The fourth-order valence-electron chi connectivity index (χ4n) is 5.05. The van der Waals surface area contributed by atoms with Crippen LogP contribution in [0.2, 0.25) is 0 Å². The number of carbonyl (C=O) groups is 2. The summed E-state index contributed by atoms with van der Waals surface area (Å²) < 4.78 is 39.4.